The van der Waals surface area contributed by atoms with Gasteiger partial charge in [0, 0.05) is 6.54 Å². The molecule has 0 saturated heterocycles. The van der Waals surface area contributed by atoms with Crippen molar-refractivity contribution in [1.29, 1.82) is 0 Å². The molecule has 0 unspecified atom stereocenters. The zero-order valence-electron chi connectivity index (χ0n) is 7.51. The fourth-order valence-corrected chi connectivity index (χ4v) is 2.03. The number of benzene rings is 1. The van der Waals surface area contributed by atoms with E-state index in [-0.39, 0.29) is 0 Å². The number of aromatic nitrogens is 1. The lowest BCUT2D eigenvalue weighted by Gasteiger charge is -1.98. The molecule has 0 aliphatic rings. The van der Waals surface area contributed by atoms with E-state index in [1.807, 2.05) is 0 Å². The third-order valence-corrected chi connectivity index (χ3v) is 3.01. The summed E-state index contributed by atoms with van der Waals surface area (Å²) in [5.74, 6) is 0. The van der Waals surface area contributed by atoms with Crippen LogP contribution in [0, 0.1) is 0 Å². The van der Waals surface area contributed by atoms with Crippen molar-refractivity contribution in [3.8, 4) is 0 Å². The van der Waals surface area contributed by atoms with Crippen LogP contribution in [0.3, 0.4) is 0 Å². The van der Waals surface area contributed by atoms with Crippen LogP contribution in [0.2, 0.25) is 0 Å². The Bertz CT molecular complexity index is 490. The van der Waals surface area contributed by atoms with E-state index in [1.165, 1.54) is 0 Å². The predicted molar refractivity (Wildman–Crippen MR) is 52.5 cm³/mol. The highest BCUT2D eigenvalue weighted by Crippen LogP contribution is 2.35. The van der Waals surface area contributed by atoms with Crippen molar-refractivity contribution in [3.63, 3.8) is 0 Å². The Morgan fingerprint density at radius 3 is 2.67 bits per heavy atom. The third-order valence-electron chi connectivity index (χ3n) is 1.93. The molecule has 0 bridgehead atoms. The van der Waals surface area contributed by atoms with E-state index >= 15 is 0 Å². The molecule has 2 N–H and O–H groups in total. The number of fused-ring (bicyclic) bond motifs is 1. The average Bonchev–Trinajstić information content (AvgIpc) is 2.59. The summed E-state index contributed by atoms with van der Waals surface area (Å²) in [6.07, 6.45) is -4.37. The van der Waals surface area contributed by atoms with Gasteiger partial charge in [-0.3, -0.25) is 0 Å². The van der Waals surface area contributed by atoms with Crippen LogP contribution in [0.4, 0.5) is 13.2 Å². The number of alkyl halides is 3. The summed E-state index contributed by atoms with van der Waals surface area (Å²) in [6, 6.07) is 4.91. The van der Waals surface area contributed by atoms with Gasteiger partial charge in [-0.15, -0.1) is 11.3 Å². The van der Waals surface area contributed by atoms with E-state index in [2.05, 4.69) is 4.98 Å². The van der Waals surface area contributed by atoms with Crippen molar-refractivity contribution < 1.29 is 13.2 Å². The second-order valence-corrected chi connectivity index (χ2v) is 4.05. The molecule has 1 aromatic heterocycles. The van der Waals surface area contributed by atoms with Gasteiger partial charge in [-0.25, -0.2) is 4.98 Å². The standard InChI is InChI=1S/C9H7F3N2S/c10-9(11,12)8-14-6-3-5(4-13)1-2-7(6)15-8/h1-3H,4,13H2. The first-order valence-electron chi connectivity index (χ1n) is 4.17. The van der Waals surface area contributed by atoms with Crippen molar-refractivity contribution in [1.82, 2.24) is 4.98 Å². The molecule has 0 amide bonds. The molecule has 0 aliphatic heterocycles. The number of nitrogens with zero attached hydrogens (tertiary/aromatic N) is 1. The zero-order chi connectivity index (χ0) is 11.1. The van der Waals surface area contributed by atoms with Crippen LogP contribution in [-0.4, -0.2) is 4.98 Å². The maximum Gasteiger partial charge on any atom is 0.443 e. The van der Waals surface area contributed by atoms with Gasteiger partial charge < -0.3 is 5.73 Å². The smallest absolute Gasteiger partial charge is 0.326 e. The topological polar surface area (TPSA) is 38.9 Å². The molecule has 2 nitrogen and oxygen atoms in total. The lowest BCUT2D eigenvalue weighted by molar-refractivity contribution is -0.137. The molecule has 0 radical (unpaired) electrons. The second kappa shape index (κ2) is 3.46. The summed E-state index contributed by atoms with van der Waals surface area (Å²) in [6.45, 7) is 0.300. The molecule has 0 fully saturated rings. The average molecular weight is 232 g/mol. The SMILES string of the molecule is NCc1ccc2sc(C(F)(F)F)nc2c1. The van der Waals surface area contributed by atoms with Crippen LogP contribution in [0.1, 0.15) is 10.6 Å². The third kappa shape index (κ3) is 1.95. The van der Waals surface area contributed by atoms with Crippen molar-refractivity contribution in [2.24, 2.45) is 5.73 Å². The molecule has 2 rings (SSSR count). The molecule has 0 atom stereocenters. The molecule has 15 heavy (non-hydrogen) atoms. The summed E-state index contributed by atoms with van der Waals surface area (Å²) in [5, 5.41) is -0.813. The molecular weight excluding hydrogens is 225 g/mol. The van der Waals surface area contributed by atoms with Gasteiger partial charge in [0.05, 0.1) is 10.2 Å². The Labute approximate surface area is 87.5 Å². The van der Waals surface area contributed by atoms with E-state index in [1.54, 1.807) is 18.2 Å². The highest BCUT2D eigenvalue weighted by Gasteiger charge is 2.34. The Kier molecular flexibility index (Phi) is 2.40. The molecule has 6 heteroatoms. The van der Waals surface area contributed by atoms with Crippen molar-refractivity contribution >= 4 is 21.6 Å². The molecule has 0 spiro atoms. The number of hydrogen-bond donors (Lipinski definition) is 1. The first-order valence-corrected chi connectivity index (χ1v) is 4.99. The number of halogens is 3. The maximum absolute atomic E-state index is 12.3. The van der Waals surface area contributed by atoms with E-state index in [4.69, 9.17) is 5.73 Å². The molecule has 1 heterocycles. The number of hydrogen-bond acceptors (Lipinski definition) is 3. The first-order chi connectivity index (χ1) is 7.00. The largest absolute Gasteiger partial charge is 0.443 e. The Morgan fingerprint density at radius 1 is 1.33 bits per heavy atom. The van der Waals surface area contributed by atoms with Gasteiger partial charge in [0.2, 0.25) is 0 Å². The molecule has 0 saturated carbocycles. The summed E-state index contributed by atoms with van der Waals surface area (Å²) in [7, 11) is 0. The second-order valence-electron chi connectivity index (χ2n) is 3.02. The molecule has 1 aromatic carbocycles. The number of rotatable bonds is 1. The van der Waals surface area contributed by atoms with Gasteiger partial charge >= 0.3 is 6.18 Å². The van der Waals surface area contributed by atoms with Gasteiger partial charge in [-0.05, 0) is 17.7 Å². The monoisotopic (exact) mass is 232 g/mol. The fourth-order valence-electron chi connectivity index (χ4n) is 1.22. The highest BCUT2D eigenvalue weighted by molar-refractivity contribution is 7.18. The van der Waals surface area contributed by atoms with Gasteiger partial charge in [0.25, 0.3) is 0 Å². The van der Waals surface area contributed by atoms with E-state index in [9.17, 15) is 13.2 Å². The van der Waals surface area contributed by atoms with Crippen molar-refractivity contribution in [2.75, 3.05) is 0 Å². The quantitative estimate of drug-likeness (QED) is 0.821. The molecule has 2 aromatic rings. The minimum Gasteiger partial charge on any atom is -0.326 e. The normalized spacial score (nSPS) is 12.3. The van der Waals surface area contributed by atoms with Crippen molar-refractivity contribution in [2.45, 2.75) is 12.7 Å². The van der Waals surface area contributed by atoms with Crippen LogP contribution in [0.25, 0.3) is 10.2 Å². The minimum atomic E-state index is -4.37. The van der Waals surface area contributed by atoms with Crippen LogP contribution in [0.15, 0.2) is 18.2 Å². The van der Waals surface area contributed by atoms with E-state index < -0.39 is 11.2 Å². The van der Waals surface area contributed by atoms with Crippen LogP contribution in [-0.2, 0) is 12.7 Å². The maximum atomic E-state index is 12.3. The summed E-state index contributed by atoms with van der Waals surface area (Å²) in [4.78, 5) is 3.53. The predicted octanol–water partition coefficient (Wildman–Crippen LogP) is 2.77. The van der Waals surface area contributed by atoms with Gasteiger partial charge in [-0.1, -0.05) is 6.07 Å². The summed E-state index contributed by atoms with van der Waals surface area (Å²) < 4.78 is 37.5. The minimum absolute atomic E-state index is 0.300. The van der Waals surface area contributed by atoms with Crippen LogP contribution >= 0.6 is 11.3 Å². The lowest BCUT2D eigenvalue weighted by atomic mass is 10.2. The summed E-state index contributed by atoms with van der Waals surface area (Å²) >= 11 is 0.646. The van der Waals surface area contributed by atoms with E-state index in [0.717, 1.165) is 5.56 Å². The number of nitrogens with two attached hydrogens (primary N) is 1. The zero-order valence-corrected chi connectivity index (χ0v) is 8.32. The Balaban J connectivity index is 2.56. The first kappa shape index (κ1) is 10.4. The van der Waals surface area contributed by atoms with Gasteiger partial charge in [-0.2, -0.15) is 13.2 Å². The highest BCUT2D eigenvalue weighted by atomic mass is 32.1. The van der Waals surface area contributed by atoms with Crippen LogP contribution in [0.5, 0.6) is 0 Å². The summed E-state index contributed by atoms with van der Waals surface area (Å²) in [5.41, 5.74) is 6.52. The lowest BCUT2D eigenvalue weighted by Crippen LogP contribution is -2.03. The fraction of sp³-hybridized carbons (Fsp3) is 0.222. The van der Waals surface area contributed by atoms with Crippen LogP contribution < -0.4 is 5.73 Å². The van der Waals surface area contributed by atoms with Gasteiger partial charge in [0.15, 0.2) is 5.01 Å². The van der Waals surface area contributed by atoms with Crippen molar-refractivity contribution in [3.05, 3.63) is 28.8 Å². The van der Waals surface area contributed by atoms with E-state index in [0.29, 0.717) is 28.1 Å². The van der Waals surface area contributed by atoms with Gasteiger partial charge in [0.1, 0.15) is 0 Å². The molecule has 0 aliphatic carbocycles. The molecular formula is C9H7F3N2S. The molecule has 80 valence electrons. The number of thiazole rings is 1. The Morgan fingerprint density at radius 2 is 2.07 bits per heavy atom. The Hall–Kier alpha value is -1.14.